The summed E-state index contributed by atoms with van der Waals surface area (Å²) in [5.41, 5.74) is 3.78. The molecule has 0 spiro atoms. The second kappa shape index (κ2) is 6.77. The molecule has 0 bridgehead atoms. The molecule has 0 aliphatic carbocycles. The molecule has 21 heavy (non-hydrogen) atoms. The summed E-state index contributed by atoms with van der Waals surface area (Å²) in [6, 6.07) is 17.0. The van der Waals surface area contributed by atoms with Gasteiger partial charge in [-0.15, -0.1) is 0 Å². The Bertz CT molecular complexity index is 573. The van der Waals surface area contributed by atoms with E-state index in [0.717, 1.165) is 18.8 Å². The van der Waals surface area contributed by atoms with Crippen LogP contribution in [0.15, 0.2) is 48.5 Å². The van der Waals surface area contributed by atoms with E-state index >= 15 is 0 Å². The monoisotopic (exact) mass is 282 g/mol. The van der Waals surface area contributed by atoms with Gasteiger partial charge in [0, 0.05) is 5.56 Å². The van der Waals surface area contributed by atoms with Crippen molar-refractivity contribution < 1.29 is 9.47 Å². The Hall–Kier alpha value is -1.80. The summed E-state index contributed by atoms with van der Waals surface area (Å²) in [7, 11) is 0. The minimum atomic E-state index is 0.286. The first-order valence-corrected chi connectivity index (χ1v) is 7.79. The predicted molar refractivity (Wildman–Crippen MR) is 85.7 cm³/mol. The van der Waals surface area contributed by atoms with Gasteiger partial charge in [0.2, 0.25) is 0 Å². The zero-order chi connectivity index (χ0) is 14.5. The Morgan fingerprint density at radius 2 is 1.95 bits per heavy atom. The van der Waals surface area contributed by atoms with Gasteiger partial charge in [0.05, 0.1) is 6.61 Å². The zero-order valence-electron chi connectivity index (χ0n) is 12.5. The maximum absolute atomic E-state index is 5.95. The summed E-state index contributed by atoms with van der Waals surface area (Å²) in [4.78, 5) is 0. The fraction of sp³-hybridized carbons (Fsp3) is 0.368. The number of unbranched alkanes of at least 4 members (excludes halogenated alkanes) is 1. The van der Waals surface area contributed by atoms with Gasteiger partial charge in [-0.05, 0) is 36.1 Å². The van der Waals surface area contributed by atoms with Gasteiger partial charge in [0.1, 0.15) is 18.5 Å². The first-order chi connectivity index (χ1) is 10.4. The number of aryl methyl sites for hydroxylation is 1. The Morgan fingerprint density at radius 3 is 2.67 bits per heavy atom. The molecule has 1 saturated heterocycles. The van der Waals surface area contributed by atoms with Crippen molar-refractivity contribution in [1.82, 2.24) is 0 Å². The van der Waals surface area contributed by atoms with Crippen molar-refractivity contribution in [2.45, 2.75) is 32.3 Å². The van der Waals surface area contributed by atoms with Crippen LogP contribution >= 0.6 is 0 Å². The van der Waals surface area contributed by atoms with E-state index in [1.807, 2.05) is 6.07 Å². The van der Waals surface area contributed by atoms with Crippen molar-refractivity contribution in [1.29, 1.82) is 0 Å². The quantitative estimate of drug-likeness (QED) is 0.699. The van der Waals surface area contributed by atoms with Crippen LogP contribution in [-0.4, -0.2) is 19.3 Å². The Balaban J connectivity index is 1.86. The van der Waals surface area contributed by atoms with Crippen LogP contribution in [0.25, 0.3) is 11.1 Å². The highest BCUT2D eigenvalue weighted by molar-refractivity contribution is 5.71. The van der Waals surface area contributed by atoms with Crippen molar-refractivity contribution in [3.8, 4) is 16.9 Å². The van der Waals surface area contributed by atoms with Crippen LogP contribution < -0.4 is 4.74 Å². The second-order valence-corrected chi connectivity index (χ2v) is 5.57. The highest BCUT2D eigenvalue weighted by atomic mass is 16.6. The second-order valence-electron chi connectivity index (χ2n) is 5.57. The molecule has 110 valence electrons. The number of epoxide rings is 1. The van der Waals surface area contributed by atoms with E-state index in [4.69, 9.17) is 9.47 Å². The lowest BCUT2D eigenvalue weighted by molar-refractivity contribution is 0.264. The Morgan fingerprint density at radius 1 is 1.14 bits per heavy atom. The minimum Gasteiger partial charge on any atom is -0.490 e. The van der Waals surface area contributed by atoms with Crippen LogP contribution in [0, 0.1) is 0 Å². The average molecular weight is 282 g/mol. The lowest BCUT2D eigenvalue weighted by Gasteiger charge is -2.13. The number of rotatable bonds is 7. The van der Waals surface area contributed by atoms with E-state index < -0.39 is 0 Å². The first kappa shape index (κ1) is 14.2. The standard InChI is InChI=1S/C19H22O2/c1-2-3-7-15-10-11-19(21-14-17-13-20-17)18(12-15)16-8-5-4-6-9-16/h4-6,8-12,17H,2-3,7,13-14H2,1H3. The lowest BCUT2D eigenvalue weighted by Crippen LogP contribution is -2.05. The molecule has 1 fully saturated rings. The van der Waals surface area contributed by atoms with Crippen molar-refractivity contribution in [3.05, 3.63) is 54.1 Å². The minimum absolute atomic E-state index is 0.286. The van der Waals surface area contributed by atoms with Crippen LogP contribution in [0.2, 0.25) is 0 Å². The predicted octanol–water partition coefficient (Wildman–Crippen LogP) is 4.47. The van der Waals surface area contributed by atoms with Crippen molar-refractivity contribution >= 4 is 0 Å². The molecule has 1 aliphatic rings. The van der Waals surface area contributed by atoms with Gasteiger partial charge < -0.3 is 9.47 Å². The highest BCUT2D eigenvalue weighted by Gasteiger charge is 2.23. The molecular weight excluding hydrogens is 260 g/mol. The summed E-state index contributed by atoms with van der Waals surface area (Å²) in [6.45, 7) is 3.70. The normalized spacial score (nSPS) is 16.7. The van der Waals surface area contributed by atoms with Gasteiger partial charge in [-0.1, -0.05) is 49.7 Å². The van der Waals surface area contributed by atoms with Crippen LogP contribution in [-0.2, 0) is 11.2 Å². The molecule has 2 aromatic rings. The third-order valence-corrected chi connectivity index (χ3v) is 3.77. The van der Waals surface area contributed by atoms with Gasteiger partial charge in [-0.25, -0.2) is 0 Å². The molecule has 0 amide bonds. The van der Waals surface area contributed by atoms with Crippen LogP contribution in [0.4, 0.5) is 0 Å². The fourth-order valence-corrected chi connectivity index (χ4v) is 2.43. The van der Waals surface area contributed by atoms with Crippen molar-refractivity contribution in [2.75, 3.05) is 13.2 Å². The van der Waals surface area contributed by atoms with Gasteiger partial charge in [-0.2, -0.15) is 0 Å². The maximum Gasteiger partial charge on any atom is 0.127 e. The molecule has 1 atom stereocenters. The summed E-state index contributed by atoms with van der Waals surface area (Å²) in [6.07, 6.45) is 3.86. The smallest absolute Gasteiger partial charge is 0.127 e. The van der Waals surface area contributed by atoms with Gasteiger partial charge in [0.15, 0.2) is 0 Å². The van der Waals surface area contributed by atoms with E-state index in [1.165, 1.54) is 29.5 Å². The summed E-state index contributed by atoms with van der Waals surface area (Å²) < 4.78 is 11.2. The highest BCUT2D eigenvalue weighted by Crippen LogP contribution is 2.32. The SMILES string of the molecule is CCCCc1ccc(OCC2CO2)c(-c2ccccc2)c1. The molecule has 1 unspecified atom stereocenters. The Kier molecular flexibility index (Phi) is 4.56. The van der Waals surface area contributed by atoms with E-state index in [9.17, 15) is 0 Å². The number of benzene rings is 2. The molecule has 0 aromatic heterocycles. The van der Waals surface area contributed by atoms with E-state index in [2.05, 4.69) is 49.4 Å². The molecule has 0 saturated carbocycles. The van der Waals surface area contributed by atoms with Gasteiger partial charge >= 0.3 is 0 Å². The molecule has 0 N–H and O–H groups in total. The third kappa shape index (κ3) is 3.85. The lowest BCUT2D eigenvalue weighted by atomic mass is 9.99. The number of hydrogen-bond acceptors (Lipinski definition) is 2. The van der Waals surface area contributed by atoms with Crippen LogP contribution in [0.3, 0.4) is 0 Å². The topological polar surface area (TPSA) is 21.8 Å². The summed E-state index contributed by atoms with van der Waals surface area (Å²) in [5, 5.41) is 0. The molecule has 1 aliphatic heterocycles. The molecule has 0 radical (unpaired) electrons. The number of ether oxygens (including phenoxy) is 2. The first-order valence-electron chi connectivity index (χ1n) is 7.79. The van der Waals surface area contributed by atoms with Gasteiger partial charge in [0.25, 0.3) is 0 Å². The van der Waals surface area contributed by atoms with Crippen LogP contribution in [0.1, 0.15) is 25.3 Å². The summed E-state index contributed by atoms with van der Waals surface area (Å²) >= 11 is 0. The molecule has 2 heteroatoms. The number of hydrogen-bond donors (Lipinski definition) is 0. The fourth-order valence-electron chi connectivity index (χ4n) is 2.43. The molecular formula is C19H22O2. The maximum atomic E-state index is 5.95. The van der Waals surface area contributed by atoms with Gasteiger partial charge in [-0.3, -0.25) is 0 Å². The third-order valence-electron chi connectivity index (χ3n) is 3.77. The molecule has 2 nitrogen and oxygen atoms in total. The summed E-state index contributed by atoms with van der Waals surface area (Å²) in [5.74, 6) is 0.956. The van der Waals surface area contributed by atoms with Crippen molar-refractivity contribution in [3.63, 3.8) is 0 Å². The van der Waals surface area contributed by atoms with E-state index in [0.29, 0.717) is 6.61 Å². The molecule has 2 aromatic carbocycles. The molecule has 1 heterocycles. The molecule has 3 rings (SSSR count). The Labute approximate surface area is 126 Å². The van der Waals surface area contributed by atoms with E-state index in [1.54, 1.807) is 0 Å². The zero-order valence-corrected chi connectivity index (χ0v) is 12.5. The van der Waals surface area contributed by atoms with E-state index in [-0.39, 0.29) is 6.10 Å². The van der Waals surface area contributed by atoms with Crippen molar-refractivity contribution in [2.24, 2.45) is 0 Å². The average Bonchev–Trinajstić information content (AvgIpc) is 3.36. The largest absolute Gasteiger partial charge is 0.490 e. The van der Waals surface area contributed by atoms with Crippen LogP contribution in [0.5, 0.6) is 5.75 Å².